The molecule has 7 rings (SSSR count). The maximum absolute atomic E-state index is 3.82. The number of allylic oxidation sites excluding steroid dienone is 1. The molecule has 0 saturated carbocycles. The molecule has 0 heteroatoms. The minimum Gasteiger partial charge on any atom is -0.0720 e. The van der Waals surface area contributed by atoms with Crippen molar-refractivity contribution in [2.24, 2.45) is 0 Å². The summed E-state index contributed by atoms with van der Waals surface area (Å²) >= 11 is 0. The molecule has 2 aliphatic rings. The highest BCUT2D eigenvalue weighted by molar-refractivity contribution is 5.82. The zero-order valence-electron chi connectivity index (χ0n) is 20.2. The summed E-state index contributed by atoms with van der Waals surface area (Å²) in [5.74, 6) is 0.175. The van der Waals surface area contributed by atoms with E-state index in [1.54, 1.807) is 0 Å². The summed E-state index contributed by atoms with van der Waals surface area (Å²) in [4.78, 5) is 0. The second-order valence-corrected chi connectivity index (χ2v) is 9.64. The third-order valence-electron chi connectivity index (χ3n) is 7.58. The largest absolute Gasteiger partial charge is 0.0720 e. The van der Waals surface area contributed by atoms with Gasteiger partial charge in [-0.25, -0.2) is 0 Å². The van der Waals surface area contributed by atoms with Crippen molar-refractivity contribution in [1.82, 2.24) is 0 Å². The predicted molar refractivity (Wildman–Crippen MR) is 149 cm³/mol. The van der Waals surface area contributed by atoms with Gasteiger partial charge in [-0.3, -0.25) is 0 Å². The topological polar surface area (TPSA) is 0 Å². The molecule has 0 aliphatic heterocycles. The average molecular weight is 458 g/mol. The standard InChI is InChI=1S/C36H25/c1-24-11-10-18-30-28(24)19-21-32(30)36-33(22-20-31-29-17-9-8-16-27(29)23-34(31)36)35(25-12-4-2-5-13-25)26-14-6-3-7-15-26/h2-22,32H,1H3. The van der Waals surface area contributed by atoms with Crippen LogP contribution in [0.3, 0.4) is 0 Å². The first kappa shape index (κ1) is 20.9. The van der Waals surface area contributed by atoms with Crippen LogP contribution in [0.15, 0.2) is 121 Å². The number of benzene rings is 5. The molecular formula is C36H25. The van der Waals surface area contributed by atoms with Gasteiger partial charge in [0, 0.05) is 5.92 Å². The zero-order valence-corrected chi connectivity index (χ0v) is 20.2. The van der Waals surface area contributed by atoms with Gasteiger partial charge in [0.25, 0.3) is 0 Å². The number of hydrogen-bond donors (Lipinski definition) is 0. The van der Waals surface area contributed by atoms with E-state index >= 15 is 0 Å². The van der Waals surface area contributed by atoms with Crippen LogP contribution in [-0.2, 0) is 0 Å². The Morgan fingerprint density at radius 2 is 1.33 bits per heavy atom. The van der Waals surface area contributed by atoms with Crippen molar-refractivity contribution in [2.45, 2.75) is 12.8 Å². The summed E-state index contributed by atoms with van der Waals surface area (Å²) in [5.41, 5.74) is 10.3. The van der Waals surface area contributed by atoms with E-state index in [-0.39, 0.29) is 5.92 Å². The van der Waals surface area contributed by atoms with E-state index in [4.69, 9.17) is 0 Å². The van der Waals surface area contributed by atoms with E-state index in [0.717, 1.165) is 0 Å². The smallest absolute Gasteiger partial charge is 0.0291 e. The van der Waals surface area contributed by atoms with Gasteiger partial charge in [-0.2, -0.15) is 0 Å². The molecule has 36 heavy (non-hydrogen) atoms. The van der Waals surface area contributed by atoms with Gasteiger partial charge in [0.15, 0.2) is 0 Å². The molecular weight excluding hydrogens is 432 g/mol. The van der Waals surface area contributed by atoms with Crippen molar-refractivity contribution < 1.29 is 0 Å². The van der Waals surface area contributed by atoms with Crippen LogP contribution in [0, 0.1) is 17.4 Å². The molecule has 2 aliphatic carbocycles. The minimum atomic E-state index is 0.175. The second-order valence-electron chi connectivity index (χ2n) is 9.64. The van der Waals surface area contributed by atoms with Gasteiger partial charge in [0.05, 0.1) is 0 Å². The Bertz CT molecular complexity index is 1830. The molecule has 1 unspecified atom stereocenters. The lowest BCUT2D eigenvalue weighted by Crippen LogP contribution is -2.19. The molecule has 0 fully saturated rings. The Hall–Kier alpha value is -4.42. The second kappa shape index (κ2) is 8.36. The first-order chi connectivity index (χ1) is 17.8. The third kappa shape index (κ3) is 3.22. The van der Waals surface area contributed by atoms with Crippen molar-refractivity contribution in [3.8, 4) is 0 Å². The van der Waals surface area contributed by atoms with Gasteiger partial charge in [-0.05, 0) is 78.4 Å². The highest BCUT2D eigenvalue weighted by Gasteiger charge is 2.26. The molecule has 5 aromatic rings. The maximum Gasteiger partial charge on any atom is 0.0291 e. The molecule has 0 spiro atoms. The lowest BCUT2D eigenvalue weighted by Gasteiger charge is -2.19. The molecule has 0 heterocycles. The Kier molecular flexibility index (Phi) is 4.85. The van der Waals surface area contributed by atoms with Crippen molar-refractivity contribution >= 4 is 17.7 Å². The maximum atomic E-state index is 3.82. The Balaban J connectivity index is 1.67. The van der Waals surface area contributed by atoms with E-state index < -0.39 is 0 Å². The number of rotatable bonds is 3. The predicted octanol–water partition coefficient (Wildman–Crippen LogP) is 6.71. The zero-order chi connectivity index (χ0) is 24.1. The lowest BCUT2D eigenvalue weighted by atomic mass is 9.84. The molecule has 0 saturated heterocycles. The van der Waals surface area contributed by atoms with Crippen molar-refractivity contribution in [2.75, 3.05) is 0 Å². The first-order valence-corrected chi connectivity index (χ1v) is 12.6. The van der Waals surface area contributed by atoms with Crippen LogP contribution in [0.5, 0.6) is 0 Å². The van der Waals surface area contributed by atoms with Crippen molar-refractivity contribution in [3.05, 3.63) is 181 Å². The summed E-state index contributed by atoms with van der Waals surface area (Å²) in [6, 6.07) is 41.6. The third-order valence-corrected chi connectivity index (χ3v) is 7.58. The van der Waals surface area contributed by atoms with E-state index in [0.29, 0.717) is 0 Å². The van der Waals surface area contributed by atoms with E-state index in [2.05, 4.69) is 140 Å². The van der Waals surface area contributed by atoms with Crippen LogP contribution in [-0.4, -0.2) is 0 Å². The van der Waals surface area contributed by atoms with Gasteiger partial charge < -0.3 is 0 Å². The summed E-state index contributed by atoms with van der Waals surface area (Å²) < 4.78 is 0. The van der Waals surface area contributed by atoms with E-state index in [9.17, 15) is 0 Å². The lowest BCUT2D eigenvalue weighted by molar-refractivity contribution is 1.02. The monoisotopic (exact) mass is 457 g/mol. The normalized spacial score (nSPS) is 14.6. The van der Waals surface area contributed by atoms with Crippen LogP contribution in [0.25, 0.3) is 17.7 Å². The highest BCUT2D eigenvalue weighted by atomic mass is 14.3. The van der Waals surface area contributed by atoms with Gasteiger partial charge in [-0.1, -0.05) is 127 Å². The molecule has 169 valence electrons. The summed E-state index contributed by atoms with van der Waals surface area (Å²) in [6.07, 6.45) is 8.51. The van der Waals surface area contributed by atoms with Gasteiger partial charge >= 0.3 is 0 Å². The van der Waals surface area contributed by atoms with E-state index in [1.807, 2.05) is 0 Å². The molecule has 1 atom stereocenters. The summed E-state index contributed by atoms with van der Waals surface area (Å²) in [5, 5.41) is 5.00. The van der Waals surface area contributed by atoms with Crippen LogP contribution < -0.4 is 10.4 Å². The first-order valence-electron chi connectivity index (χ1n) is 12.6. The van der Waals surface area contributed by atoms with Crippen LogP contribution >= 0.6 is 0 Å². The van der Waals surface area contributed by atoms with Gasteiger partial charge in [-0.15, -0.1) is 0 Å². The number of aryl methyl sites for hydroxylation is 1. The van der Waals surface area contributed by atoms with Gasteiger partial charge in [0.1, 0.15) is 0 Å². The average Bonchev–Trinajstić information content (AvgIpc) is 3.53. The SMILES string of the molecule is Cc1cccc2c1C=CC2c1c2c(ccc1=C(c1ccccc1)c1ccccc1)=c1ccccc1=[C]2. The summed E-state index contributed by atoms with van der Waals surface area (Å²) in [7, 11) is 0. The highest BCUT2D eigenvalue weighted by Crippen LogP contribution is 2.38. The molecule has 0 bridgehead atoms. The summed E-state index contributed by atoms with van der Waals surface area (Å²) in [6.45, 7) is 2.21. The quantitative estimate of drug-likeness (QED) is 0.277. The Morgan fingerprint density at radius 3 is 2.08 bits per heavy atom. The Labute approximate surface area is 211 Å². The van der Waals surface area contributed by atoms with Crippen molar-refractivity contribution in [3.63, 3.8) is 0 Å². The fraction of sp³-hybridized carbons (Fsp3) is 0.0556. The molecule has 5 aromatic carbocycles. The fourth-order valence-electron chi connectivity index (χ4n) is 5.92. The number of hydrogen-bond acceptors (Lipinski definition) is 0. The molecule has 0 aromatic heterocycles. The van der Waals surface area contributed by atoms with Crippen LogP contribution in [0.1, 0.15) is 44.9 Å². The van der Waals surface area contributed by atoms with E-state index in [1.165, 1.54) is 65.4 Å². The molecule has 0 nitrogen and oxygen atoms in total. The van der Waals surface area contributed by atoms with Crippen LogP contribution in [0.2, 0.25) is 0 Å². The number of fused-ring (bicyclic) bond motifs is 3. The fourth-order valence-corrected chi connectivity index (χ4v) is 5.92. The van der Waals surface area contributed by atoms with Crippen LogP contribution in [0.4, 0.5) is 0 Å². The molecule has 0 amide bonds. The minimum absolute atomic E-state index is 0.175. The Morgan fingerprint density at radius 1 is 0.639 bits per heavy atom. The molecule has 1 radical (unpaired) electrons. The van der Waals surface area contributed by atoms with Crippen molar-refractivity contribution in [1.29, 1.82) is 0 Å². The van der Waals surface area contributed by atoms with Gasteiger partial charge in [0.2, 0.25) is 0 Å². The molecule has 0 N–H and O–H groups in total.